The van der Waals surface area contributed by atoms with E-state index in [2.05, 4.69) is 10.7 Å². The predicted molar refractivity (Wildman–Crippen MR) is 121 cm³/mol. The Kier molecular flexibility index (Phi) is 5.80. The van der Waals surface area contributed by atoms with E-state index in [4.69, 9.17) is 11.6 Å². The molecule has 0 saturated carbocycles. The summed E-state index contributed by atoms with van der Waals surface area (Å²) in [6.07, 6.45) is 1.05. The minimum Gasteiger partial charge on any atom is -0.322 e. The second-order valence-electron chi connectivity index (χ2n) is 7.50. The average Bonchev–Trinajstić information content (AvgIpc) is 3.34. The highest BCUT2D eigenvalue weighted by atomic mass is 35.5. The summed E-state index contributed by atoms with van der Waals surface area (Å²) in [7, 11) is 0. The minimum atomic E-state index is -1.08. The first kappa shape index (κ1) is 21.1. The van der Waals surface area contributed by atoms with E-state index in [1.807, 2.05) is 48.5 Å². The molecule has 3 aromatic rings. The van der Waals surface area contributed by atoms with Crippen LogP contribution >= 0.6 is 22.9 Å². The molecule has 0 aliphatic carbocycles. The molecule has 4 amide bonds. The van der Waals surface area contributed by atoms with Crippen LogP contribution in [0.4, 0.5) is 4.79 Å². The lowest BCUT2D eigenvalue weighted by Gasteiger charge is -2.21. The van der Waals surface area contributed by atoms with E-state index in [1.54, 1.807) is 25.1 Å². The summed E-state index contributed by atoms with van der Waals surface area (Å²) in [5.74, 6) is -0.989. The number of urea groups is 1. The zero-order valence-electron chi connectivity index (χ0n) is 16.7. The summed E-state index contributed by atoms with van der Waals surface area (Å²) in [6, 6.07) is 19.9. The van der Waals surface area contributed by atoms with E-state index >= 15 is 0 Å². The van der Waals surface area contributed by atoms with Crippen LogP contribution in [0.1, 0.15) is 28.6 Å². The predicted octanol–water partition coefficient (Wildman–Crippen LogP) is 4.66. The van der Waals surface area contributed by atoms with Gasteiger partial charge in [0.2, 0.25) is 0 Å². The zero-order valence-corrected chi connectivity index (χ0v) is 18.3. The first-order valence-corrected chi connectivity index (χ1v) is 10.9. The molecule has 0 spiro atoms. The number of hydrazine groups is 1. The first-order chi connectivity index (χ1) is 14.9. The van der Waals surface area contributed by atoms with Gasteiger partial charge in [-0.25, -0.2) is 4.79 Å². The third-order valence-electron chi connectivity index (χ3n) is 5.19. The van der Waals surface area contributed by atoms with Crippen molar-refractivity contribution in [2.45, 2.75) is 25.3 Å². The van der Waals surface area contributed by atoms with Crippen molar-refractivity contribution < 1.29 is 14.4 Å². The SMILES string of the molecule is CC1(CCc2ccccc2)NC(=O)N(NC(=O)c2ccc(-c3ccc(Cl)cc3)s2)C1=O. The topological polar surface area (TPSA) is 78.5 Å². The monoisotopic (exact) mass is 453 g/mol. The van der Waals surface area contributed by atoms with Gasteiger partial charge in [-0.3, -0.25) is 15.0 Å². The maximum atomic E-state index is 12.9. The molecular formula is C23H20ClN3O3S. The van der Waals surface area contributed by atoms with Gasteiger partial charge < -0.3 is 5.32 Å². The summed E-state index contributed by atoms with van der Waals surface area (Å²) in [6.45, 7) is 1.67. The number of halogens is 1. The van der Waals surface area contributed by atoms with Crippen LogP contribution in [0, 0.1) is 0 Å². The quantitative estimate of drug-likeness (QED) is 0.533. The van der Waals surface area contributed by atoms with Crippen LogP contribution < -0.4 is 10.7 Å². The Balaban J connectivity index is 1.43. The number of hydrogen-bond acceptors (Lipinski definition) is 4. The lowest BCUT2D eigenvalue weighted by Crippen LogP contribution is -2.48. The third kappa shape index (κ3) is 4.47. The Bertz CT molecular complexity index is 1130. The highest BCUT2D eigenvalue weighted by Gasteiger charge is 2.48. The molecule has 1 fully saturated rings. The summed E-state index contributed by atoms with van der Waals surface area (Å²) in [4.78, 5) is 39.3. The largest absolute Gasteiger partial charge is 0.344 e. The van der Waals surface area contributed by atoms with Gasteiger partial charge in [0.1, 0.15) is 5.54 Å². The number of imide groups is 1. The van der Waals surface area contributed by atoms with Gasteiger partial charge in [-0.1, -0.05) is 54.1 Å². The number of benzene rings is 2. The number of nitrogens with one attached hydrogen (secondary N) is 2. The summed E-state index contributed by atoms with van der Waals surface area (Å²) < 4.78 is 0. The summed E-state index contributed by atoms with van der Waals surface area (Å²) in [5.41, 5.74) is 3.36. The van der Waals surface area contributed by atoms with Gasteiger partial charge in [0.25, 0.3) is 11.8 Å². The summed E-state index contributed by atoms with van der Waals surface area (Å²) >= 11 is 7.19. The number of nitrogens with zero attached hydrogens (tertiary/aromatic N) is 1. The van der Waals surface area contributed by atoms with Gasteiger partial charge in [-0.15, -0.1) is 11.3 Å². The fourth-order valence-electron chi connectivity index (χ4n) is 3.38. The molecule has 1 unspecified atom stereocenters. The molecule has 1 saturated heterocycles. The first-order valence-electron chi connectivity index (χ1n) is 9.73. The van der Waals surface area contributed by atoms with Crippen molar-refractivity contribution in [1.29, 1.82) is 0 Å². The summed E-state index contributed by atoms with van der Waals surface area (Å²) in [5, 5.41) is 4.11. The third-order valence-corrected chi connectivity index (χ3v) is 6.57. The van der Waals surface area contributed by atoms with Crippen molar-refractivity contribution in [3.05, 3.63) is 82.2 Å². The second-order valence-corrected chi connectivity index (χ2v) is 9.02. The molecule has 6 nitrogen and oxygen atoms in total. The van der Waals surface area contributed by atoms with Crippen molar-refractivity contribution >= 4 is 40.8 Å². The Morgan fingerprint density at radius 2 is 1.77 bits per heavy atom. The highest BCUT2D eigenvalue weighted by Crippen LogP contribution is 2.29. The van der Waals surface area contributed by atoms with E-state index in [0.717, 1.165) is 21.0 Å². The molecule has 158 valence electrons. The molecule has 2 heterocycles. The fraction of sp³-hybridized carbons (Fsp3) is 0.174. The molecule has 0 bridgehead atoms. The molecule has 1 aliphatic heterocycles. The van der Waals surface area contributed by atoms with Crippen molar-refractivity contribution in [3.8, 4) is 10.4 Å². The number of thiophene rings is 1. The van der Waals surface area contributed by atoms with Gasteiger partial charge >= 0.3 is 6.03 Å². The molecule has 1 aliphatic rings. The van der Waals surface area contributed by atoms with E-state index in [9.17, 15) is 14.4 Å². The number of carbonyl (C=O) groups excluding carboxylic acids is 3. The number of amides is 4. The fourth-order valence-corrected chi connectivity index (χ4v) is 4.41. The minimum absolute atomic E-state index is 0.392. The van der Waals surface area contributed by atoms with E-state index in [-0.39, 0.29) is 0 Å². The molecule has 2 N–H and O–H groups in total. The van der Waals surface area contributed by atoms with Crippen molar-refractivity contribution in [2.75, 3.05) is 0 Å². The van der Waals surface area contributed by atoms with E-state index in [1.165, 1.54) is 11.3 Å². The van der Waals surface area contributed by atoms with Gasteiger partial charge in [-0.2, -0.15) is 5.01 Å². The average molecular weight is 454 g/mol. The Labute approximate surface area is 188 Å². The number of rotatable bonds is 6. The number of hydrogen-bond donors (Lipinski definition) is 2. The lowest BCUT2D eigenvalue weighted by molar-refractivity contribution is -0.132. The maximum absolute atomic E-state index is 12.9. The van der Waals surface area contributed by atoms with Crippen LogP contribution in [-0.2, 0) is 11.2 Å². The van der Waals surface area contributed by atoms with Crippen LogP contribution in [0.15, 0.2) is 66.7 Å². The second kappa shape index (κ2) is 8.53. The molecule has 0 radical (unpaired) electrons. The maximum Gasteiger partial charge on any atom is 0.344 e. The van der Waals surface area contributed by atoms with Crippen molar-refractivity contribution in [1.82, 2.24) is 15.8 Å². The number of carbonyl (C=O) groups is 3. The highest BCUT2D eigenvalue weighted by molar-refractivity contribution is 7.17. The normalized spacial score (nSPS) is 18.2. The van der Waals surface area contributed by atoms with Gasteiger partial charge in [0.05, 0.1) is 4.88 Å². The molecule has 8 heteroatoms. The Hall–Kier alpha value is -3.16. The molecule has 31 heavy (non-hydrogen) atoms. The Morgan fingerprint density at radius 3 is 2.48 bits per heavy atom. The molecule has 2 aromatic carbocycles. The zero-order chi connectivity index (χ0) is 22.0. The van der Waals surface area contributed by atoms with E-state index < -0.39 is 23.4 Å². The molecule has 1 atom stereocenters. The van der Waals surface area contributed by atoms with Gasteiger partial charge in [-0.05, 0) is 55.2 Å². The standard InChI is InChI=1S/C23H20ClN3O3S/c1-23(14-13-15-5-3-2-4-6-15)21(29)27(22(30)25-23)26-20(28)19-12-11-18(31-19)16-7-9-17(24)10-8-16/h2-12H,13-14H2,1H3,(H,25,30)(H,26,28). The van der Waals surface area contributed by atoms with Crippen LogP contribution in [0.5, 0.6) is 0 Å². The van der Waals surface area contributed by atoms with Crippen molar-refractivity contribution in [3.63, 3.8) is 0 Å². The molecule has 4 rings (SSSR count). The van der Waals surface area contributed by atoms with Gasteiger partial charge in [0, 0.05) is 9.90 Å². The lowest BCUT2D eigenvalue weighted by atomic mass is 9.93. The van der Waals surface area contributed by atoms with Crippen LogP contribution in [0.2, 0.25) is 5.02 Å². The van der Waals surface area contributed by atoms with Crippen LogP contribution in [-0.4, -0.2) is 28.4 Å². The molecule has 1 aromatic heterocycles. The molecular weight excluding hydrogens is 434 g/mol. The Morgan fingerprint density at radius 1 is 1.06 bits per heavy atom. The van der Waals surface area contributed by atoms with Crippen molar-refractivity contribution in [2.24, 2.45) is 0 Å². The van der Waals surface area contributed by atoms with Crippen LogP contribution in [0.25, 0.3) is 10.4 Å². The number of aryl methyl sites for hydroxylation is 1. The van der Waals surface area contributed by atoms with E-state index in [0.29, 0.717) is 22.7 Å². The van der Waals surface area contributed by atoms with Crippen LogP contribution in [0.3, 0.4) is 0 Å². The van der Waals surface area contributed by atoms with Gasteiger partial charge in [0.15, 0.2) is 0 Å². The smallest absolute Gasteiger partial charge is 0.322 e.